The largest absolute Gasteiger partial charge is 0.466 e. The Balaban J connectivity index is 3.09. The molecule has 0 unspecified atom stereocenters. The van der Waals surface area contributed by atoms with Crippen LogP contribution in [0.1, 0.15) is 41.5 Å². The summed E-state index contributed by atoms with van der Waals surface area (Å²) in [5, 5.41) is -0.577. The van der Waals surface area contributed by atoms with E-state index in [1.54, 1.807) is 32.9 Å². The molecule has 0 saturated carbocycles. The van der Waals surface area contributed by atoms with Crippen LogP contribution in [-0.4, -0.2) is 23.9 Å². The molecule has 124 valence electrons. The molecule has 0 aromatic heterocycles. The first kappa shape index (κ1) is 18.8. The molecule has 1 aromatic rings. The fraction of sp³-hybridized carbons (Fsp3) is 0.588. The lowest BCUT2D eigenvalue weighted by Crippen LogP contribution is -2.35. The summed E-state index contributed by atoms with van der Waals surface area (Å²) in [6.45, 7) is 11.2. The van der Waals surface area contributed by atoms with E-state index < -0.39 is 17.9 Å². The minimum atomic E-state index is -3.12. The minimum absolute atomic E-state index is 0.136. The Bertz CT molecular complexity index is 544. The first-order chi connectivity index (χ1) is 10.0. The molecule has 1 rings (SSSR count). The Kier molecular flexibility index (Phi) is 5.86. The van der Waals surface area contributed by atoms with E-state index in [0.29, 0.717) is 12.4 Å². The monoisotopic (exact) mass is 326 g/mol. The van der Waals surface area contributed by atoms with Gasteiger partial charge in [0.25, 0.3) is 7.37 Å². The van der Waals surface area contributed by atoms with E-state index in [0.717, 1.165) is 0 Å². The summed E-state index contributed by atoms with van der Waals surface area (Å²) in [5.41, 5.74) is -0.867. The highest BCUT2D eigenvalue weighted by molar-refractivity contribution is 7.61. The normalized spacial score (nSPS) is 15.0. The lowest BCUT2D eigenvalue weighted by molar-refractivity contribution is -0.152. The van der Waals surface area contributed by atoms with Gasteiger partial charge in [-0.3, -0.25) is 9.36 Å². The fourth-order valence-electron chi connectivity index (χ4n) is 1.97. The number of hydrogen-bond acceptors (Lipinski definition) is 4. The summed E-state index contributed by atoms with van der Waals surface area (Å²) in [6, 6.07) is 9.08. The van der Waals surface area contributed by atoms with Crippen molar-refractivity contribution in [3.8, 4) is 5.75 Å². The number of ether oxygens (including phenoxy) is 1. The molecule has 0 bridgehead atoms. The number of para-hydroxylation sites is 1. The van der Waals surface area contributed by atoms with Crippen molar-refractivity contribution in [2.45, 2.75) is 46.7 Å². The molecule has 1 atom stereocenters. The first-order valence-electron chi connectivity index (χ1n) is 7.53. The van der Waals surface area contributed by atoms with Crippen LogP contribution < -0.4 is 4.52 Å². The molecular formula is C17H27O4P. The highest BCUT2D eigenvalue weighted by atomic mass is 31.2. The average molecular weight is 326 g/mol. The molecule has 0 N–H and O–H groups in total. The van der Waals surface area contributed by atoms with Crippen LogP contribution in [0.4, 0.5) is 0 Å². The third-order valence-corrected chi connectivity index (χ3v) is 7.21. The number of rotatable bonds is 6. The molecule has 4 nitrogen and oxygen atoms in total. The smallest absolute Gasteiger partial charge is 0.312 e. The van der Waals surface area contributed by atoms with Crippen LogP contribution in [0, 0.1) is 5.41 Å². The number of carbonyl (C=O) groups excluding carboxylic acids is 1. The van der Waals surface area contributed by atoms with Gasteiger partial charge in [0.1, 0.15) is 5.75 Å². The van der Waals surface area contributed by atoms with Crippen LogP contribution in [0.15, 0.2) is 30.3 Å². The van der Waals surface area contributed by atoms with Crippen molar-refractivity contribution in [2.75, 3.05) is 12.8 Å². The average Bonchev–Trinajstić information content (AvgIpc) is 2.38. The van der Waals surface area contributed by atoms with Gasteiger partial charge in [-0.1, -0.05) is 39.0 Å². The maximum absolute atomic E-state index is 13.5. The predicted octanol–water partition coefficient (Wildman–Crippen LogP) is 4.73. The lowest BCUT2D eigenvalue weighted by Gasteiger charge is -2.35. The van der Waals surface area contributed by atoms with Crippen molar-refractivity contribution in [1.82, 2.24) is 0 Å². The summed E-state index contributed by atoms with van der Waals surface area (Å²) < 4.78 is 24.5. The number of hydrogen-bond donors (Lipinski definition) is 0. The zero-order valence-corrected chi connectivity index (χ0v) is 15.3. The second-order valence-corrected chi connectivity index (χ2v) is 10.2. The third-order valence-electron chi connectivity index (χ3n) is 3.45. The van der Waals surface area contributed by atoms with Gasteiger partial charge in [-0.25, -0.2) is 0 Å². The fourth-order valence-corrected chi connectivity index (χ4v) is 4.41. The first-order valence-corrected chi connectivity index (χ1v) is 9.34. The Hall–Kier alpha value is -1.28. The Morgan fingerprint density at radius 2 is 1.64 bits per heavy atom. The van der Waals surface area contributed by atoms with E-state index in [1.165, 1.54) is 0 Å². The molecule has 0 heterocycles. The maximum Gasteiger partial charge on any atom is 0.312 e. The lowest BCUT2D eigenvalue weighted by atomic mass is 9.97. The standard InChI is InChI=1S/C17H27O4P/c1-7-20-15(18)17(5,6)13-22(19,16(2,3)4)21-14-11-9-8-10-12-14/h8-12H,7,13H2,1-6H3/t22-/m1/s1. The van der Waals surface area contributed by atoms with Gasteiger partial charge in [0.2, 0.25) is 0 Å². The van der Waals surface area contributed by atoms with Gasteiger partial charge in [0.15, 0.2) is 0 Å². The van der Waals surface area contributed by atoms with Crippen LogP contribution in [0.5, 0.6) is 5.75 Å². The molecule has 0 spiro atoms. The summed E-state index contributed by atoms with van der Waals surface area (Å²) in [5.74, 6) is 0.205. The molecule has 0 radical (unpaired) electrons. The van der Waals surface area contributed by atoms with Crippen molar-refractivity contribution in [3.05, 3.63) is 30.3 Å². The van der Waals surface area contributed by atoms with Crippen LogP contribution in [0.2, 0.25) is 0 Å². The highest BCUT2D eigenvalue weighted by Crippen LogP contribution is 2.61. The third kappa shape index (κ3) is 4.61. The van der Waals surface area contributed by atoms with Crippen LogP contribution >= 0.6 is 7.37 Å². The number of esters is 1. The molecule has 1 aromatic carbocycles. The van der Waals surface area contributed by atoms with Crippen LogP contribution in [-0.2, 0) is 14.1 Å². The summed E-state index contributed by atoms with van der Waals surface area (Å²) >= 11 is 0. The molecule has 0 saturated heterocycles. The SMILES string of the molecule is CCOC(=O)C(C)(C)C[P@@](=O)(Oc1ccccc1)C(C)(C)C. The minimum Gasteiger partial charge on any atom is -0.466 e. The second-order valence-electron chi connectivity index (χ2n) is 7.01. The molecule has 5 heteroatoms. The Morgan fingerprint density at radius 3 is 2.09 bits per heavy atom. The van der Waals surface area contributed by atoms with Gasteiger partial charge < -0.3 is 9.26 Å². The predicted molar refractivity (Wildman–Crippen MR) is 89.7 cm³/mol. The zero-order chi connectivity index (χ0) is 17.0. The number of carbonyl (C=O) groups is 1. The van der Waals surface area contributed by atoms with Gasteiger partial charge in [-0.15, -0.1) is 0 Å². The van der Waals surface area contributed by atoms with Crippen LogP contribution in [0.25, 0.3) is 0 Å². The molecular weight excluding hydrogens is 299 g/mol. The van der Waals surface area contributed by atoms with Gasteiger partial charge >= 0.3 is 5.97 Å². The molecule has 0 aliphatic rings. The second kappa shape index (κ2) is 6.87. The van der Waals surface area contributed by atoms with Gasteiger partial charge in [0, 0.05) is 5.16 Å². The Morgan fingerprint density at radius 1 is 1.09 bits per heavy atom. The quantitative estimate of drug-likeness (QED) is 0.560. The van der Waals surface area contributed by atoms with E-state index in [-0.39, 0.29) is 12.1 Å². The molecule has 0 aliphatic heterocycles. The van der Waals surface area contributed by atoms with Crippen molar-refractivity contribution >= 4 is 13.3 Å². The van der Waals surface area contributed by atoms with Gasteiger partial charge in [-0.2, -0.15) is 0 Å². The molecule has 0 fully saturated rings. The van der Waals surface area contributed by atoms with E-state index >= 15 is 0 Å². The van der Waals surface area contributed by atoms with Crippen molar-refractivity contribution in [1.29, 1.82) is 0 Å². The van der Waals surface area contributed by atoms with E-state index in [4.69, 9.17) is 9.26 Å². The van der Waals surface area contributed by atoms with Crippen LogP contribution in [0.3, 0.4) is 0 Å². The maximum atomic E-state index is 13.5. The molecule has 0 amide bonds. The molecule has 0 aliphatic carbocycles. The van der Waals surface area contributed by atoms with Crippen molar-refractivity contribution in [2.24, 2.45) is 5.41 Å². The van der Waals surface area contributed by atoms with E-state index in [1.807, 2.05) is 39.0 Å². The van der Waals surface area contributed by atoms with Crippen molar-refractivity contribution in [3.63, 3.8) is 0 Å². The Labute approximate surface area is 133 Å². The topological polar surface area (TPSA) is 52.6 Å². The van der Waals surface area contributed by atoms with Gasteiger partial charge in [-0.05, 0) is 32.9 Å². The summed E-state index contributed by atoms with van der Waals surface area (Å²) in [6.07, 6.45) is 0.136. The summed E-state index contributed by atoms with van der Waals surface area (Å²) in [4.78, 5) is 12.1. The molecule has 22 heavy (non-hydrogen) atoms. The van der Waals surface area contributed by atoms with Crippen molar-refractivity contribution < 1.29 is 18.6 Å². The van der Waals surface area contributed by atoms with Gasteiger partial charge in [0.05, 0.1) is 18.2 Å². The number of benzene rings is 1. The van der Waals surface area contributed by atoms with E-state index in [2.05, 4.69) is 0 Å². The summed E-state index contributed by atoms with van der Waals surface area (Å²) in [7, 11) is -3.12. The zero-order valence-electron chi connectivity index (χ0n) is 14.4. The highest BCUT2D eigenvalue weighted by Gasteiger charge is 2.46. The van der Waals surface area contributed by atoms with E-state index in [9.17, 15) is 9.36 Å².